The Morgan fingerprint density at radius 1 is 1.56 bits per heavy atom. The Bertz CT molecular complexity index is 387. The zero-order valence-corrected chi connectivity index (χ0v) is 10.4. The number of carbonyl (C=O) groups is 1. The Balaban J connectivity index is 1.72. The van der Waals surface area contributed by atoms with E-state index < -0.39 is 0 Å². The number of nitrogens with zero attached hydrogens (tertiary/aromatic N) is 2. The van der Waals surface area contributed by atoms with Gasteiger partial charge in [0.15, 0.2) is 0 Å². The number of hydrogen-bond acceptors (Lipinski definition) is 6. The lowest BCUT2D eigenvalue weighted by Crippen LogP contribution is -2.32. The summed E-state index contributed by atoms with van der Waals surface area (Å²) in [4.78, 5) is 15.2. The maximum absolute atomic E-state index is 11.2. The number of rotatable bonds is 5. The fraction of sp³-hybridized carbons (Fsp3) is 0.727. The first kappa shape index (κ1) is 13.0. The van der Waals surface area contributed by atoms with Gasteiger partial charge in [-0.25, -0.2) is 0 Å². The van der Waals surface area contributed by atoms with Crippen molar-refractivity contribution in [1.29, 1.82) is 0 Å². The Hall–Kier alpha value is -1.47. The molecule has 1 aromatic rings. The molecular weight excluding hydrogens is 236 g/mol. The van der Waals surface area contributed by atoms with Crippen LogP contribution in [0.4, 0.5) is 0 Å². The predicted molar refractivity (Wildman–Crippen MR) is 63.2 cm³/mol. The Morgan fingerprint density at radius 2 is 2.33 bits per heavy atom. The van der Waals surface area contributed by atoms with Crippen LogP contribution in [0.15, 0.2) is 4.52 Å². The van der Waals surface area contributed by atoms with Gasteiger partial charge in [-0.3, -0.25) is 4.79 Å². The molecule has 1 fully saturated rings. The molecule has 18 heavy (non-hydrogen) atoms. The zero-order valence-electron chi connectivity index (χ0n) is 10.4. The van der Waals surface area contributed by atoms with Gasteiger partial charge in [0.25, 0.3) is 11.7 Å². The van der Waals surface area contributed by atoms with E-state index in [1.165, 1.54) is 7.05 Å². The molecule has 2 N–H and O–H groups in total. The molecule has 7 nitrogen and oxygen atoms in total. The first-order valence-corrected chi connectivity index (χ1v) is 6.16. The van der Waals surface area contributed by atoms with Gasteiger partial charge in [0.2, 0.25) is 5.89 Å². The highest BCUT2D eigenvalue weighted by molar-refractivity contribution is 5.89. The number of aromatic nitrogens is 2. The summed E-state index contributed by atoms with van der Waals surface area (Å²) in [5.41, 5.74) is 0. The predicted octanol–water partition coefficient (Wildman–Crippen LogP) is -0.260. The van der Waals surface area contributed by atoms with Crippen LogP contribution in [-0.4, -0.2) is 48.9 Å². The Morgan fingerprint density at radius 3 is 3.06 bits per heavy atom. The summed E-state index contributed by atoms with van der Waals surface area (Å²) in [6, 6.07) is 0. The number of hydrogen-bond donors (Lipinski definition) is 2. The second-order valence-corrected chi connectivity index (χ2v) is 4.16. The molecule has 1 aliphatic rings. The van der Waals surface area contributed by atoms with Crippen molar-refractivity contribution in [2.75, 3.05) is 26.7 Å². The zero-order chi connectivity index (χ0) is 12.8. The Kier molecular flexibility index (Phi) is 4.66. The minimum absolute atomic E-state index is 0.0642. The normalized spacial score (nSPS) is 16.7. The van der Waals surface area contributed by atoms with Crippen molar-refractivity contribution >= 4 is 5.91 Å². The molecule has 0 aliphatic carbocycles. The molecule has 0 aromatic carbocycles. The van der Waals surface area contributed by atoms with E-state index in [4.69, 9.17) is 9.26 Å². The van der Waals surface area contributed by atoms with Crippen LogP contribution in [0.1, 0.15) is 29.4 Å². The van der Waals surface area contributed by atoms with Crippen molar-refractivity contribution in [3.05, 3.63) is 11.7 Å². The molecule has 2 heterocycles. The molecule has 0 saturated carbocycles. The number of amides is 1. The lowest BCUT2D eigenvalue weighted by atomic mass is 10.1. The molecule has 1 aromatic heterocycles. The average Bonchev–Trinajstić information content (AvgIpc) is 2.88. The van der Waals surface area contributed by atoms with E-state index in [1.54, 1.807) is 0 Å². The maximum atomic E-state index is 11.2. The van der Waals surface area contributed by atoms with E-state index >= 15 is 0 Å². The van der Waals surface area contributed by atoms with Crippen LogP contribution in [0.25, 0.3) is 0 Å². The van der Waals surface area contributed by atoms with Crippen molar-refractivity contribution < 1.29 is 14.1 Å². The van der Waals surface area contributed by atoms with Crippen LogP contribution in [0, 0.1) is 0 Å². The van der Waals surface area contributed by atoms with Crippen molar-refractivity contribution in [1.82, 2.24) is 20.8 Å². The lowest BCUT2D eigenvalue weighted by Gasteiger charge is -2.22. The van der Waals surface area contributed by atoms with Gasteiger partial charge in [-0.1, -0.05) is 5.16 Å². The molecule has 1 amide bonds. The van der Waals surface area contributed by atoms with E-state index in [0.29, 0.717) is 25.0 Å². The van der Waals surface area contributed by atoms with Crippen LogP contribution in [-0.2, 0) is 11.2 Å². The monoisotopic (exact) mass is 254 g/mol. The third kappa shape index (κ3) is 3.51. The average molecular weight is 254 g/mol. The van der Waals surface area contributed by atoms with Gasteiger partial charge < -0.3 is 19.9 Å². The topological polar surface area (TPSA) is 89.3 Å². The first-order chi connectivity index (χ1) is 8.79. The summed E-state index contributed by atoms with van der Waals surface area (Å²) in [7, 11) is 1.53. The standard InChI is InChI=1S/C11H18N4O3/c1-12-11(16)10-14-9(18-15-10)4-7-17-8-2-5-13-6-3-8/h8,13H,2-7H2,1H3,(H,12,16). The number of ether oxygens (including phenoxy) is 1. The van der Waals surface area contributed by atoms with Crippen molar-refractivity contribution in [3.63, 3.8) is 0 Å². The van der Waals surface area contributed by atoms with Crippen molar-refractivity contribution in [2.45, 2.75) is 25.4 Å². The summed E-state index contributed by atoms with van der Waals surface area (Å²) >= 11 is 0. The molecule has 2 rings (SSSR count). The first-order valence-electron chi connectivity index (χ1n) is 6.16. The quantitative estimate of drug-likeness (QED) is 0.752. The summed E-state index contributed by atoms with van der Waals surface area (Å²) in [6.07, 6.45) is 2.92. The van der Waals surface area contributed by atoms with Crippen molar-refractivity contribution in [2.24, 2.45) is 0 Å². The highest BCUT2D eigenvalue weighted by Crippen LogP contribution is 2.08. The second kappa shape index (κ2) is 6.46. The van der Waals surface area contributed by atoms with Crippen LogP contribution >= 0.6 is 0 Å². The van der Waals surface area contributed by atoms with E-state index in [2.05, 4.69) is 20.8 Å². The molecule has 100 valence electrons. The van der Waals surface area contributed by atoms with E-state index in [9.17, 15) is 4.79 Å². The minimum Gasteiger partial charge on any atom is -0.378 e. The van der Waals surface area contributed by atoms with Gasteiger partial charge >= 0.3 is 0 Å². The van der Waals surface area contributed by atoms with Gasteiger partial charge in [-0.05, 0) is 25.9 Å². The third-order valence-corrected chi connectivity index (χ3v) is 2.85. The van der Waals surface area contributed by atoms with Crippen LogP contribution in [0.2, 0.25) is 0 Å². The lowest BCUT2D eigenvalue weighted by molar-refractivity contribution is 0.0322. The van der Waals surface area contributed by atoms with E-state index in [0.717, 1.165) is 25.9 Å². The number of piperidine rings is 1. The SMILES string of the molecule is CNC(=O)c1noc(CCOC2CCNCC2)n1. The summed E-state index contributed by atoms with van der Waals surface area (Å²) < 4.78 is 10.7. The molecule has 0 atom stereocenters. The highest BCUT2D eigenvalue weighted by Gasteiger charge is 2.15. The molecule has 0 radical (unpaired) electrons. The van der Waals surface area contributed by atoms with Gasteiger partial charge in [-0.15, -0.1) is 0 Å². The molecular formula is C11H18N4O3. The minimum atomic E-state index is -0.343. The number of nitrogens with one attached hydrogen (secondary N) is 2. The highest BCUT2D eigenvalue weighted by atomic mass is 16.5. The summed E-state index contributed by atoms with van der Waals surface area (Å²) in [6.45, 7) is 2.55. The second-order valence-electron chi connectivity index (χ2n) is 4.16. The maximum Gasteiger partial charge on any atom is 0.292 e. The summed E-state index contributed by atoms with van der Waals surface area (Å²) in [5, 5.41) is 9.31. The van der Waals surface area contributed by atoms with Gasteiger partial charge in [0.1, 0.15) is 0 Å². The third-order valence-electron chi connectivity index (χ3n) is 2.85. The molecule has 0 bridgehead atoms. The largest absolute Gasteiger partial charge is 0.378 e. The smallest absolute Gasteiger partial charge is 0.292 e. The van der Waals surface area contributed by atoms with Crippen LogP contribution in [0.5, 0.6) is 0 Å². The Labute approximate surface area is 105 Å². The molecule has 0 spiro atoms. The van der Waals surface area contributed by atoms with Gasteiger partial charge in [0.05, 0.1) is 19.1 Å². The fourth-order valence-corrected chi connectivity index (χ4v) is 1.84. The molecule has 7 heteroatoms. The van der Waals surface area contributed by atoms with E-state index in [-0.39, 0.29) is 11.7 Å². The van der Waals surface area contributed by atoms with Gasteiger partial charge in [0, 0.05) is 7.05 Å². The van der Waals surface area contributed by atoms with Crippen molar-refractivity contribution in [3.8, 4) is 0 Å². The van der Waals surface area contributed by atoms with E-state index in [1.807, 2.05) is 0 Å². The number of carbonyl (C=O) groups excluding carboxylic acids is 1. The molecule has 1 aliphatic heterocycles. The van der Waals surface area contributed by atoms with Crippen LogP contribution in [0.3, 0.4) is 0 Å². The molecule has 0 unspecified atom stereocenters. The fourth-order valence-electron chi connectivity index (χ4n) is 1.84. The summed E-state index contributed by atoms with van der Waals surface area (Å²) in [5.74, 6) is 0.154. The van der Waals surface area contributed by atoms with Gasteiger partial charge in [-0.2, -0.15) is 4.98 Å². The molecule has 1 saturated heterocycles. The van der Waals surface area contributed by atoms with Crippen LogP contribution < -0.4 is 10.6 Å².